The lowest BCUT2D eigenvalue weighted by atomic mass is 10.2. The molecule has 82 valence electrons. The average Bonchev–Trinajstić information content (AvgIpc) is 2.25. The second kappa shape index (κ2) is 4.94. The van der Waals surface area contributed by atoms with E-state index in [0.29, 0.717) is 0 Å². The second-order valence-electron chi connectivity index (χ2n) is 3.85. The molecule has 0 fully saturated rings. The van der Waals surface area contributed by atoms with Crippen LogP contribution in [-0.2, 0) is 0 Å². The van der Waals surface area contributed by atoms with Gasteiger partial charge in [-0.3, -0.25) is 0 Å². The van der Waals surface area contributed by atoms with Crippen LogP contribution >= 0.6 is 23.4 Å². The highest BCUT2D eigenvalue weighted by Crippen LogP contribution is 2.33. The van der Waals surface area contributed by atoms with E-state index in [4.69, 9.17) is 11.6 Å². The van der Waals surface area contributed by atoms with E-state index in [1.165, 1.54) is 16.0 Å². The summed E-state index contributed by atoms with van der Waals surface area (Å²) in [5.41, 5.74) is 2.47. The lowest BCUT2D eigenvalue weighted by Crippen LogP contribution is -1.78. The topological polar surface area (TPSA) is 0 Å². The first-order valence-electron chi connectivity index (χ1n) is 5.16. The molecular weight excluding hydrogens is 236 g/mol. The highest BCUT2D eigenvalue weighted by atomic mass is 35.5. The molecule has 0 saturated carbocycles. The largest absolute Gasteiger partial charge is 0.0885 e. The number of hydrogen-bond acceptors (Lipinski definition) is 1. The van der Waals surface area contributed by atoms with Crippen molar-refractivity contribution in [2.24, 2.45) is 0 Å². The predicted octanol–water partition coefficient (Wildman–Crippen LogP) is 5.11. The van der Waals surface area contributed by atoms with Gasteiger partial charge in [-0.1, -0.05) is 47.1 Å². The molecule has 0 aliphatic heterocycles. The van der Waals surface area contributed by atoms with Gasteiger partial charge in [-0.25, -0.2) is 0 Å². The van der Waals surface area contributed by atoms with Crippen molar-refractivity contribution >= 4 is 23.4 Å². The first-order valence-corrected chi connectivity index (χ1v) is 6.35. The van der Waals surface area contributed by atoms with E-state index in [-0.39, 0.29) is 0 Å². The Bertz CT molecular complexity index is 489. The zero-order valence-corrected chi connectivity index (χ0v) is 10.9. The summed E-state index contributed by atoms with van der Waals surface area (Å²) in [6.45, 7) is 4.14. The van der Waals surface area contributed by atoms with Crippen molar-refractivity contribution < 1.29 is 0 Å². The molecule has 0 atom stereocenters. The van der Waals surface area contributed by atoms with E-state index in [2.05, 4.69) is 43.3 Å². The van der Waals surface area contributed by atoms with Crippen LogP contribution in [0.15, 0.2) is 52.3 Å². The summed E-state index contributed by atoms with van der Waals surface area (Å²) in [5.74, 6) is 0. The van der Waals surface area contributed by atoms with Crippen molar-refractivity contribution in [1.29, 1.82) is 0 Å². The first kappa shape index (κ1) is 11.6. The van der Waals surface area contributed by atoms with E-state index >= 15 is 0 Å². The van der Waals surface area contributed by atoms with Gasteiger partial charge in [0, 0.05) is 9.79 Å². The monoisotopic (exact) mass is 248 g/mol. The number of benzene rings is 2. The van der Waals surface area contributed by atoms with Crippen LogP contribution in [0.2, 0.25) is 5.02 Å². The lowest BCUT2D eigenvalue weighted by Gasteiger charge is -2.05. The Kier molecular flexibility index (Phi) is 3.57. The Labute approximate surface area is 106 Å². The average molecular weight is 249 g/mol. The van der Waals surface area contributed by atoms with Crippen LogP contribution in [0.25, 0.3) is 0 Å². The predicted molar refractivity (Wildman–Crippen MR) is 71.5 cm³/mol. The van der Waals surface area contributed by atoms with Crippen LogP contribution in [-0.4, -0.2) is 0 Å². The lowest BCUT2D eigenvalue weighted by molar-refractivity contribution is 1.34. The molecule has 0 spiro atoms. The molecule has 0 nitrogen and oxygen atoms in total. The molecule has 16 heavy (non-hydrogen) atoms. The van der Waals surface area contributed by atoms with Crippen LogP contribution in [0, 0.1) is 13.8 Å². The third-order valence-corrected chi connectivity index (χ3v) is 3.84. The minimum absolute atomic E-state index is 0.825. The van der Waals surface area contributed by atoms with Gasteiger partial charge in [-0.2, -0.15) is 0 Å². The van der Waals surface area contributed by atoms with Crippen LogP contribution in [0.1, 0.15) is 11.1 Å². The maximum atomic E-state index is 6.19. The summed E-state index contributed by atoms with van der Waals surface area (Å²) in [7, 11) is 0. The summed E-state index contributed by atoms with van der Waals surface area (Å²) in [4.78, 5) is 2.33. The van der Waals surface area contributed by atoms with Crippen LogP contribution < -0.4 is 0 Å². The molecule has 0 aromatic heterocycles. The Morgan fingerprint density at radius 3 is 2.12 bits per heavy atom. The van der Waals surface area contributed by atoms with Crippen molar-refractivity contribution in [2.45, 2.75) is 23.6 Å². The number of hydrogen-bond donors (Lipinski definition) is 0. The van der Waals surface area contributed by atoms with E-state index in [1.54, 1.807) is 11.8 Å². The van der Waals surface area contributed by atoms with Crippen molar-refractivity contribution in [3.63, 3.8) is 0 Å². The van der Waals surface area contributed by atoms with Gasteiger partial charge in [0.05, 0.1) is 5.02 Å². The molecule has 0 unspecified atom stereocenters. The minimum Gasteiger partial charge on any atom is -0.0885 e. The number of aryl methyl sites for hydroxylation is 2. The van der Waals surface area contributed by atoms with E-state index in [0.717, 1.165) is 9.92 Å². The van der Waals surface area contributed by atoms with Crippen molar-refractivity contribution in [1.82, 2.24) is 0 Å². The fraction of sp³-hybridized carbons (Fsp3) is 0.143. The molecule has 0 aliphatic carbocycles. The van der Waals surface area contributed by atoms with E-state index in [9.17, 15) is 0 Å². The standard InChI is InChI=1S/C14H13ClS/c1-10-3-6-12(7-4-10)16-14-8-5-11(2)9-13(14)15/h3-9H,1-2H3. The van der Waals surface area contributed by atoms with Crippen LogP contribution in [0.3, 0.4) is 0 Å². The zero-order chi connectivity index (χ0) is 11.5. The Morgan fingerprint density at radius 2 is 1.50 bits per heavy atom. The van der Waals surface area contributed by atoms with Gasteiger partial charge in [0.1, 0.15) is 0 Å². The zero-order valence-electron chi connectivity index (χ0n) is 9.33. The SMILES string of the molecule is Cc1ccc(Sc2ccc(C)cc2Cl)cc1. The first-order chi connectivity index (χ1) is 7.65. The summed E-state index contributed by atoms with van der Waals surface area (Å²) in [6.07, 6.45) is 0. The molecule has 2 heteroatoms. The van der Waals surface area contributed by atoms with Gasteiger partial charge in [0.25, 0.3) is 0 Å². The Morgan fingerprint density at radius 1 is 0.875 bits per heavy atom. The summed E-state index contributed by atoms with van der Waals surface area (Å²) >= 11 is 7.89. The maximum Gasteiger partial charge on any atom is 0.0548 e. The maximum absolute atomic E-state index is 6.19. The van der Waals surface area contributed by atoms with Gasteiger partial charge in [0.15, 0.2) is 0 Å². The molecule has 0 amide bonds. The summed E-state index contributed by atoms with van der Waals surface area (Å²) in [6, 6.07) is 14.6. The van der Waals surface area contributed by atoms with Crippen molar-refractivity contribution in [3.8, 4) is 0 Å². The quantitative estimate of drug-likeness (QED) is 0.712. The normalized spacial score (nSPS) is 10.4. The third kappa shape index (κ3) is 2.81. The van der Waals surface area contributed by atoms with E-state index < -0.39 is 0 Å². The van der Waals surface area contributed by atoms with Crippen molar-refractivity contribution in [3.05, 3.63) is 58.6 Å². The van der Waals surface area contributed by atoms with E-state index in [1.807, 2.05) is 13.0 Å². The molecule has 2 aromatic carbocycles. The molecule has 2 rings (SSSR count). The van der Waals surface area contributed by atoms with Gasteiger partial charge in [0.2, 0.25) is 0 Å². The van der Waals surface area contributed by atoms with Gasteiger partial charge in [-0.15, -0.1) is 0 Å². The van der Waals surface area contributed by atoms with Crippen LogP contribution in [0.5, 0.6) is 0 Å². The molecule has 0 bridgehead atoms. The second-order valence-corrected chi connectivity index (χ2v) is 5.37. The molecule has 0 aliphatic rings. The highest BCUT2D eigenvalue weighted by Gasteiger charge is 2.02. The fourth-order valence-corrected chi connectivity index (χ4v) is 2.59. The molecule has 0 saturated heterocycles. The fourth-order valence-electron chi connectivity index (χ4n) is 1.42. The van der Waals surface area contributed by atoms with Crippen molar-refractivity contribution in [2.75, 3.05) is 0 Å². The van der Waals surface area contributed by atoms with Gasteiger partial charge >= 0.3 is 0 Å². The summed E-state index contributed by atoms with van der Waals surface area (Å²) in [5, 5.41) is 0.825. The van der Waals surface area contributed by atoms with Crippen LogP contribution in [0.4, 0.5) is 0 Å². The van der Waals surface area contributed by atoms with Gasteiger partial charge in [-0.05, 0) is 43.7 Å². The highest BCUT2D eigenvalue weighted by molar-refractivity contribution is 7.99. The molecular formula is C14H13ClS. The Balaban J connectivity index is 2.23. The smallest absolute Gasteiger partial charge is 0.0548 e. The Hall–Kier alpha value is -0.920. The molecule has 2 aromatic rings. The number of rotatable bonds is 2. The molecule has 0 radical (unpaired) electrons. The van der Waals surface area contributed by atoms with Gasteiger partial charge < -0.3 is 0 Å². The number of halogens is 1. The third-order valence-electron chi connectivity index (χ3n) is 2.34. The molecule has 0 heterocycles. The molecule has 0 N–H and O–H groups in total. The summed E-state index contributed by atoms with van der Waals surface area (Å²) < 4.78 is 0. The minimum atomic E-state index is 0.825.